The highest BCUT2D eigenvalue weighted by Crippen LogP contribution is 2.14. The van der Waals surface area contributed by atoms with Crippen LogP contribution >= 0.6 is 0 Å². The van der Waals surface area contributed by atoms with Crippen LogP contribution in [0, 0.1) is 0 Å². The average Bonchev–Trinajstić information content (AvgIpc) is 2.62. The van der Waals surface area contributed by atoms with Crippen LogP contribution in [-0.2, 0) is 11.2 Å². The molecule has 2 aromatic carbocycles. The van der Waals surface area contributed by atoms with Crippen molar-refractivity contribution in [2.45, 2.75) is 32.6 Å². The summed E-state index contributed by atoms with van der Waals surface area (Å²) in [6.07, 6.45) is 3.86. The molecule has 0 aromatic heterocycles. The lowest BCUT2D eigenvalue weighted by Crippen LogP contribution is -2.26. The van der Waals surface area contributed by atoms with Gasteiger partial charge in [0.25, 0.3) is 5.91 Å². The van der Waals surface area contributed by atoms with E-state index in [4.69, 9.17) is 4.74 Å². The van der Waals surface area contributed by atoms with Gasteiger partial charge in [-0.05, 0) is 36.5 Å². The van der Waals surface area contributed by atoms with Crippen molar-refractivity contribution in [3.8, 4) is 0 Å². The van der Waals surface area contributed by atoms with Crippen molar-refractivity contribution in [2.75, 3.05) is 19.8 Å². The van der Waals surface area contributed by atoms with Crippen molar-refractivity contribution >= 4 is 5.91 Å². The predicted octanol–water partition coefficient (Wildman–Crippen LogP) is 4.21. The second kappa shape index (κ2) is 10.6. The molecule has 0 spiro atoms. The first-order valence-corrected chi connectivity index (χ1v) is 8.79. The Kier molecular flexibility index (Phi) is 8.05. The van der Waals surface area contributed by atoms with Crippen LogP contribution in [0.4, 0.5) is 0 Å². The van der Waals surface area contributed by atoms with Gasteiger partial charge >= 0.3 is 0 Å². The van der Waals surface area contributed by atoms with Crippen LogP contribution in [0.15, 0.2) is 54.6 Å². The van der Waals surface area contributed by atoms with Crippen molar-refractivity contribution < 1.29 is 9.53 Å². The molecule has 0 fully saturated rings. The van der Waals surface area contributed by atoms with Gasteiger partial charge in [0.15, 0.2) is 0 Å². The number of hydrogen-bond acceptors (Lipinski definition) is 2. The van der Waals surface area contributed by atoms with E-state index in [1.165, 1.54) is 5.56 Å². The third-order valence-electron chi connectivity index (χ3n) is 3.89. The van der Waals surface area contributed by atoms with Gasteiger partial charge in [0.1, 0.15) is 0 Å². The zero-order valence-electron chi connectivity index (χ0n) is 14.5. The predicted molar refractivity (Wildman–Crippen MR) is 98.4 cm³/mol. The minimum Gasteiger partial charge on any atom is -0.381 e. The number of benzene rings is 2. The van der Waals surface area contributed by atoms with E-state index in [-0.39, 0.29) is 5.91 Å². The fourth-order valence-corrected chi connectivity index (χ4v) is 2.53. The highest BCUT2D eigenvalue weighted by atomic mass is 16.5. The number of rotatable bonds is 10. The summed E-state index contributed by atoms with van der Waals surface area (Å²) in [5.74, 6) is -0.00455. The van der Waals surface area contributed by atoms with Crippen LogP contribution in [-0.4, -0.2) is 25.7 Å². The van der Waals surface area contributed by atoms with E-state index in [9.17, 15) is 4.79 Å². The van der Waals surface area contributed by atoms with Crippen LogP contribution in [0.3, 0.4) is 0 Å². The smallest absolute Gasteiger partial charge is 0.251 e. The molecule has 128 valence electrons. The summed E-state index contributed by atoms with van der Waals surface area (Å²) in [5, 5.41) is 3.00. The first-order valence-electron chi connectivity index (χ1n) is 8.79. The fourth-order valence-electron chi connectivity index (χ4n) is 2.53. The Morgan fingerprint density at radius 2 is 1.67 bits per heavy atom. The minimum atomic E-state index is -0.00455. The minimum absolute atomic E-state index is 0.00455. The normalized spacial score (nSPS) is 10.5. The van der Waals surface area contributed by atoms with E-state index >= 15 is 0 Å². The molecule has 3 heteroatoms. The molecular formula is C21H27NO2. The molecule has 0 bridgehead atoms. The number of hydrogen-bond donors (Lipinski definition) is 1. The summed E-state index contributed by atoms with van der Waals surface area (Å²) >= 11 is 0. The maximum Gasteiger partial charge on any atom is 0.251 e. The van der Waals surface area contributed by atoms with Gasteiger partial charge in [-0.2, -0.15) is 0 Å². The molecule has 2 aromatic rings. The Bertz CT molecular complexity index is 610. The fraction of sp³-hybridized carbons (Fsp3) is 0.381. The van der Waals surface area contributed by atoms with E-state index in [1.54, 1.807) is 0 Å². The molecule has 24 heavy (non-hydrogen) atoms. The lowest BCUT2D eigenvalue weighted by molar-refractivity contribution is 0.0939. The number of carbonyl (C=O) groups excluding carboxylic acids is 1. The van der Waals surface area contributed by atoms with E-state index in [0.29, 0.717) is 13.2 Å². The number of nitrogens with one attached hydrogen (secondary N) is 1. The number of amides is 1. The molecule has 3 nitrogen and oxygen atoms in total. The maximum atomic E-state index is 12.4. The zero-order chi connectivity index (χ0) is 17.0. The molecule has 0 heterocycles. The van der Waals surface area contributed by atoms with Crippen molar-refractivity contribution in [3.05, 3.63) is 71.3 Å². The summed E-state index contributed by atoms with van der Waals surface area (Å²) in [6.45, 7) is 4.30. The van der Waals surface area contributed by atoms with E-state index in [0.717, 1.165) is 43.4 Å². The van der Waals surface area contributed by atoms with E-state index in [1.807, 2.05) is 42.5 Å². The molecular weight excluding hydrogens is 298 g/mol. The van der Waals surface area contributed by atoms with Gasteiger partial charge in [-0.15, -0.1) is 0 Å². The Hall–Kier alpha value is -2.13. The molecule has 0 unspecified atom stereocenters. The van der Waals surface area contributed by atoms with Crippen LogP contribution in [0.1, 0.15) is 47.7 Å². The first kappa shape index (κ1) is 18.2. The third-order valence-corrected chi connectivity index (χ3v) is 3.89. The third kappa shape index (κ3) is 6.17. The molecule has 0 saturated heterocycles. The lowest BCUT2D eigenvalue weighted by Gasteiger charge is -2.10. The standard InChI is InChI=1S/C21H27NO2/c1-2-3-15-24-16-9-14-22-21(23)20-13-8-7-12-19(20)17-18-10-5-4-6-11-18/h4-8,10-13H,2-3,9,14-17H2,1H3,(H,22,23). The molecule has 0 saturated carbocycles. The van der Waals surface area contributed by atoms with E-state index in [2.05, 4.69) is 24.4 Å². The Morgan fingerprint density at radius 3 is 2.46 bits per heavy atom. The Labute approximate surface area is 145 Å². The van der Waals surface area contributed by atoms with Crippen molar-refractivity contribution in [1.82, 2.24) is 5.32 Å². The van der Waals surface area contributed by atoms with Gasteiger partial charge in [0.2, 0.25) is 0 Å². The van der Waals surface area contributed by atoms with Gasteiger partial charge in [-0.3, -0.25) is 4.79 Å². The molecule has 1 N–H and O–H groups in total. The molecule has 0 atom stereocenters. The summed E-state index contributed by atoms with van der Waals surface area (Å²) in [6, 6.07) is 18.0. The second-order valence-corrected chi connectivity index (χ2v) is 5.89. The van der Waals surface area contributed by atoms with Gasteiger partial charge in [-0.25, -0.2) is 0 Å². The van der Waals surface area contributed by atoms with Crippen LogP contribution < -0.4 is 5.32 Å². The van der Waals surface area contributed by atoms with Gasteiger partial charge < -0.3 is 10.1 Å². The summed E-state index contributed by atoms with van der Waals surface area (Å²) < 4.78 is 5.51. The number of ether oxygens (including phenoxy) is 1. The monoisotopic (exact) mass is 325 g/mol. The van der Waals surface area contributed by atoms with Gasteiger partial charge in [0, 0.05) is 25.3 Å². The second-order valence-electron chi connectivity index (χ2n) is 5.89. The lowest BCUT2D eigenvalue weighted by atomic mass is 9.99. The van der Waals surface area contributed by atoms with E-state index < -0.39 is 0 Å². The van der Waals surface area contributed by atoms with Crippen molar-refractivity contribution in [1.29, 1.82) is 0 Å². The first-order chi connectivity index (χ1) is 11.8. The SMILES string of the molecule is CCCCOCCCNC(=O)c1ccccc1Cc1ccccc1. The summed E-state index contributed by atoms with van der Waals surface area (Å²) in [7, 11) is 0. The molecule has 0 radical (unpaired) electrons. The topological polar surface area (TPSA) is 38.3 Å². The molecule has 2 rings (SSSR count). The highest BCUT2D eigenvalue weighted by Gasteiger charge is 2.10. The largest absolute Gasteiger partial charge is 0.381 e. The van der Waals surface area contributed by atoms with Crippen molar-refractivity contribution in [3.63, 3.8) is 0 Å². The Balaban J connectivity index is 1.83. The summed E-state index contributed by atoms with van der Waals surface area (Å²) in [5.41, 5.74) is 3.02. The molecule has 0 aliphatic carbocycles. The zero-order valence-corrected chi connectivity index (χ0v) is 14.5. The molecule has 0 aliphatic heterocycles. The number of carbonyl (C=O) groups is 1. The van der Waals surface area contributed by atoms with Crippen molar-refractivity contribution in [2.24, 2.45) is 0 Å². The van der Waals surface area contributed by atoms with Crippen LogP contribution in [0.2, 0.25) is 0 Å². The quantitative estimate of drug-likeness (QED) is 0.664. The average molecular weight is 325 g/mol. The summed E-state index contributed by atoms with van der Waals surface area (Å²) in [4.78, 5) is 12.4. The van der Waals surface area contributed by atoms with Gasteiger partial charge in [-0.1, -0.05) is 61.9 Å². The van der Waals surface area contributed by atoms with Crippen LogP contribution in [0.5, 0.6) is 0 Å². The highest BCUT2D eigenvalue weighted by molar-refractivity contribution is 5.95. The maximum absolute atomic E-state index is 12.4. The molecule has 0 aliphatic rings. The molecule has 1 amide bonds. The Morgan fingerprint density at radius 1 is 0.958 bits per heavy atom. The van der Waals surface area contributed by atoms with Crippen LogP contribution in [0.25, 0.3) is 0 Å². The number of unbranched alkanes of at least 4 members (excludes halogenated alkanes) is 1. The van der Waals surface area contributed by atoms with Gasteiger partial charge in [0.05, 0.1) is 0 Å².